The lowest BCUT2D eigenvalue weighted by molar-refractivity contribution is 0.102. The number of ether oxygens (including phenoxy) is 1. The Morgan fingerprint density at radius 3 is 2.57 bits per heavy atom. The van der Waals surface area contributed by atoms with E-state index in [1.54, 1.807) is 5.38 Å². The quantitative estimate of drug-likeness (QED) is 0.412. The molecule has 1 aromatic heterocycles. The van der Waals surface area contributed by atoms with Crippen molar-refractivity contribution in [3.63, 3.8) is 0 Å². The smallest absolute Gasteiger partial charge is 0.275 e. The lowest BCUT2D eigenvalue weighted by atomic mass is 10.1. The Bertz CT molecular complexity index is 1150. The number of hydrogen-bond donors (Lipinski definition) is 1. The second-order valence-corrected chi connectivity index (χ2v) is 7.66. The minimum absolute atomic E-state index is 0.319. The first-order valence-corrected chi connectivity index (χ1v) is 10.3. The largest absolute Gasteiger partial charge is 0.489 e. The fourth-order valence-corrected chi connectivity index (χ4v) is 3.71. The molecule has 30 heavy (non-hydrogen) atoms. The summed E-state index contributed by atoms with van der Waals surface area (Å²) in [6.45, 7) is 2.56. The first kappa shape index (κ1) is 19.8. The van der Waals surface area contributed by atoms with E-state index in [1.807, 2.05) is 36.4 Å². The summed E-state index contributed by atoms with van der Waals surface area (Å²) >= 11 is 1.39. The SMILES string of the molecule is Cc1cccc(COc2ccc(-c3nc(C(=O)Nc4ccc(F)cc4)cs3)cc2)c1. The number of hydrogen-bond acceptors (Lipinski definition) is 4. The zero-order valence-electron chi connectivity index (χ0n) is 16.3. The Balaban J connectivity index is 1.39. The van der Waals surface area contributed by atoms with Crippen LogP contribution in [-0.2, 0) is 6.61 Å². The van der Waals surface area contributed by atoms with Crippen LogP contribution in [0.4, 0.5) is 10.1 Å². The molecule has 1 heterocycles. The summed E-state index contributed by atoms with van der Waals surface area (Å²) < 4.78 is 18.8. The fraction of sp³-hybridized carbons (Fsp3) is 0.0833. The molecule has 0 unspecified atom stereocenters. The standard InChI is InChI=1S/C24H19FN2O2S/c1-16-3-2-4-17(13-16)14-29-21-11-5-18(6-12-21)24-27-22(15-30-24)23(28)26-20-9-7-19(25)8-10-20/h2-13,15H,14H2,1H3,(H,26,28). The Morgan fingerprint density at radius 1 is 1.07 bits per heavy atom. The molecule has 150 valence electrons. The van der Waals surface area contributed by atoms with Gasteiger partial charge >= 0.3 is 0 Å². The van der Waals surface area contributed by atoms with Crippen LogP contribution in [0.3, 0.4) is 0 Å². The third-order valence-corrected chi connectivity index (χ3v) is 5.32. The van der Waals surface area contributed by atoms with Crippen LogP contribution in [-0.4, -0.2) is 10.9 Å². The van der Waals surface area contributed by atoms with Crippen LogP contribution in [0.2, 0.25) is 0 Å². The maximum Gasteiger partial charge on any atom is 0.275 e. The van der Waals surface area contributed by atoms with Crippen LogP contribution < -0.4 is 10.1 Å². The molecule has 0 aliphatic heterocycles. The van der Waals surface area contributed by atoms with E-state index >= 15 is 0 Å². The van der Waals surface area contributed by atoms with E-state index in [4.69, 9.17) is 4.74 Å². The van der Waals surface area contributed by atoms with Gasteiger partial charge < -0.3 is 10.1 Å². The molecule has 6 heteroatoms. The van der Waals surface area contributed by atoms with E-state index in [9.17, 15) is 9.18 Å². The van der Waals surface area contributed by atoms with Crippen molar-refractivity contribution in [3.8, 4) is 16.3 Å². The van der Waals surface area contributed by atoms with Gasteiger partial charge in [0.15, 0.2) is 0 Å². The zero-order chi connectivity index (χ0) is 20.9. The van der Waals surface area contributed by atoms with Gasteiger partial charge in [0.2, 0.25) is 0 Å². The molecule has 0 bridgehead atoms. The summed E-state index contributed by atoms with van der Waals surface area (Å²) in [6, 6.07) is 21.5. The summed E-state index contributed by atoms with van der Waals surface area (Å²) in [4.78, 5) is 16.8. The highest BCUT2D eigenvalue weighted by Crippen LogP contribution is 2.26. The summed E-state index contributed by atoms with van der Waals surface area (Å²) in [5.74, 6) is 0.0866. The molecule has 0 saturated carbocycles. The molecule has 1 N–H and O–H groups in total. The van der Waals surface area contributed by atoms with Crippen LogP contribution in [0.5, 0.6) is 5.75 Å². The molecule has 0 aliphatic carbocycles. The molecule has 0 radical (unpaired) electrons. The van der Waals surface area contributed by atoms with Crippen molar-refractivity contribution < 1.29 is 13.9 Å². The highest BCUT2D eigenvalue weighted by Gasteiger charge is 2.12. The molecule has 0 spiro atoms. The third kappa shape index (κ3) is 4.90. The van der Waals surface area contributed by atoms with E-state index in [-0.39, 0.29) is 11.7 Å². The van der Waals surface area contributed by atoms with E-state index < -0.39 is 0 Å². The van der Waals surface area contributed by atoms with Gasteiger partial charge in [-0.3, -0.25) is 4.79 Å². The molecule has 4 aromatic rings. The Kier molecular flexibility index (Phi) is 5.86. The molecule has 0 saturated heterocycles. The Morgan fingerprint density at radius 2 is 1.83 bits per heavy atom. The van der Waals surface area contributed by atoms with Gasteiger partial charge in [0, 0.05) is 16.6 Å². The van der Waals surface area contributed by atoms with Crippen molar-refractivity contribution in [2.75, 3.05) is 5.32 Å². The number of nitrogens with one attached hydrogen (secondary N) is 1. The average molecular weight is 418 g/mol. The van der Waals surface area contributed by atoms with Gasteiger partial charge in [0.25, 0.3) is 5.91 Å². The monoisotopic (exact) mass is 418 g/mol. The van der Waals surface area contributed by atoms with Gasteiger partial charge in [0.1, 0.15) is 28.9 Å². The van der Waals surface area contributed by atoms with E-state index in [0.29, 0.717) is 18.0 Å². The highest BCUT2D eigenvalue weighted by molar-refractivity contribution is 7.13. The van der Waals surface area contributed by atoms with Crippen LogP contribution in [0, 0.1) is 12.7 Å². The number of benzene rings is 3. The van der Waals surface area contributed by atoms with Gasteiger partial charge in [-0.15, -0.1) is 11.3 Å². The molecule has 1 amide bonds. The van der Waals surface area contributed by atoms with Crippen molar-refractivity contribution in [1.82, 2.24) is 4.98 Å². The van der Waals surface area contributed by atoms with Crippen molar-refractivity contribution in [3.05, 3.63) is 101 Å². The van der Waals surface area contributed by atoms with Gasteiger partial charge in [-0.25, -0.2) is 9.37 Å². The predicted molar refractivity (Wildman–Crippen MR) is 117 cm³/mol. The number of rotatable bonds is 6. The summed E-state index contributed by atoms with van der Waals surface area (Å²) in [7, 11) is 0. The molecule has 0 atom stereocenters. The van der Waals surface area contributed by atoms with E-state index in [1.165, 1.54) is 41.2 Å². The first-order chi connectivity index (χ1) is 14.6. The van der Waals surface area contributed by atoms with E-state index in [2.05, 4.69) is 29.4 Å². The molecule has 0 fully saturated rings. The number of carbonyl (C=O) groups excluding carboxylic acids is 1. The average Bonchev–Trinajstić information content (AvgIpc) is 3.25. The third-order valence-electron chi connectivity index (χ3n) is 4.43. The lowest BCUT2D eigenvalue weighted by Gasteiger charge is -2.07. The fourth-order valence-electron chi connectivity index (χ4n) is 2.90. The number of thiazole rings is 1. The van der Waals surface area contributed by atoms with Crippen LogP contribution in [0.15, 0.2) is 78.2 Å². The van der Waals surface area contributed by atoms with Gasteiger partial charge in [-0.05, 0) is 61.0 Å². The molecule has 4 rings (SSSR count). The maximum atomic E-state index is 13.0. The van der Waals surface area contributed by atoms with E-state index in [0.717, 1.165) is 21.9 Å². The van der Waals surface area contributed by atoms with Crippen LogP contribution in [0.1, 0.15) is 21.6 Å². The number of aromatic nitrogens is 1. The zero-order valence-corrected chi connectivity index (χ0v) is 17.1. The normalized spacial score (nSPS) is 10.6. The topological polar surface area (TPSA) is 51.2 Å². The van der Waals surface area contributed by atoms with Gasteiger partial charge in [-0.1, -0.05) is 29.8 Å². The number of anilines is 1. The molecular weight excluding hydrogens is 399 g/mol. The van der Waals surface area contributed by atoms with Crippen LogP contribution in [0.25, 0.3) is 10.6 Å². The summed E-state index contributed by atoms with van der Waals surface area (Å²) in [5, 5.41) is 5.16. The second kappa shape index (κ2) is 8.88. The second-order valence-electron chi connectivity index (χ2n) is 6.80. The minimum Gasteiger partial charge on any atom is -0.489 e. The Hall–Kier alpha value is -3.51. The summed E-state index contributed by atoms with van der Waals surface area (Å²) in [6.07, 6.45) is 0. The molecular formula is C24H19FN2O2S. The first-order valence-electron chi connectivity index (χ1n) is 9.38. The number of aryl methyl sites for hydroxylation is 1. The van der Waals surface area contributed by atoms with Crippen molar-refractivity contribution in [1.29, 1.82) is 0 Å². The van der Waals surface area contributed by atoms with Gasteiger partial charge in [0.05, 0.1) is 0 Å². The predicted octanol–water partition coefficient (Wildman–Crippen LogP) is 6.09. The maximum absolute atomic E-state index is 13.0. The summed E-state index contributed by atoms with van der Waals surface area (Å²) in [5.41, 5.74) is 4.07. The lowest BCUT2D eigenvalue weighted by Crippen LogP contribution is -2.12. The Labute approximate surface area is 178 Å². The molecule has 3 aromatic carbocycles. The number of halogens is 1. The van der Waals surface area contributed by atoms with Crippen molar-refractivity contribution >= 4 is 22.9 Å². The highest BCUT2D eigenvalue weighted by atomic mass is 32.1. The number of carbonyl (C=O) groups is 1. The van der Waals surface area contributed by atoms with Crippen molar-refractivity contribution in [2.24, 2.45) is 0 Å². The minimum atomic E-state index is -0.352. The van der Waals surface area contributed by atoms with Crippen molar-refractivity contribution in [2.45, 2.75) is 13.5 Å². The van der Waals surface area contributed by atoms with Gasteiger partial charge in [-0.2, -0.15) is 0 Å². The molecule has 0 aliphatic rings. The van der Waals surface area contributed by atoms with Crippen LogP contribution >= 0.6 is 11.3 Å². The molecule has 4 nitrogen and oxygen atoms in total. The number of amides is 1. The number of nitrogens with zero attached hydrogens (tertiary/aromatic N) is 1.